The zero-order valence-corrected chi connectivity index (χ0v) is 26.4. The molecule has 0 aliphatic heterocycles. The van der Waals surface area contributed by atoms with Crippen LogP contribution in [0.3, 0.4) is 0 Å². The molecule has 0 spiro atoms. The van der Waals surface area contributed by atoms with E-state index in [1.165, 1.54) is 105 Å². The normalized spacial score (nSPS) is 13.7. The zero-order valence-electron chi connectivity index (χ0n) is 23.4. The summed E-state index contributed by atoms with van der Waals surface area (Å²) in [5.41, 5.74) is 1.48. The van der Waals surface area contributed by atoms with Crippen molar-refractivity contribution in [3.63, 3.8) is 0 Å². The van der Waals surface area contributed by atoms with Gasteiger partial charge in [-0.1, -0.05) is 102 Å². The first-order chi connectivity index (χ1) is 17.2. The average molecular weight is 637 g/mol. The Morgan fingerprint density at radius 3 is 1.50 bits per heavy atom. The smallest absolute Gasteiger partial charge is 0.329 e. The lowest BCUT2D eigenvalue weighted by atomic mass is 10.0. The summed E-state index contributed by atoms with van der Waals surface area (Å²) in [4.78, 5) is 9.69. The molecule has 1 aromatic carbocycles. The first-order valence-corrected chi connectivity index (χ1v) is 16.9. The molecule has 1 unspecified atom stereocenters. The highest BCUT2D eigenvalue weighted by atomic mass is 125. The van der Waals surface area contributed by atoms with E-state index in [9.17, 15) is 9.46 Å². The number of unbranched alkanes of at least 4 members (excludes halogenated alkanes) is 15. The van der Waals surface area contributed by atoms with E-state index in [4.69, 9.17) is 9.05 Å². The van der Waals surface area contributed by atoms with E-state index in [0.29, 0.717) is 17.6 Å². The van der Waals surface area contributed by atoms with E-state index in [-0.39, 0.29) is 6.61 Å². The molecule has 36 heavy (non-hydrogen) atoms. The standard InChI is InChI=1S/C29H53INO4P/c1-31(2,3)25-27-35-36(32,33)34-26-19-17-15-13-11-9-7-5-4-6-8-10-12-14-16-18-20-28-21-23-29(30)24-22-28/h21-24H,4-20,25-27H2,1-3H3/p+1/i30-2. The maximum atomic E-state index is 11.8. The van der Waals surface area contributed by atoms with Crippen LogP contribution in [0.15, 0.2) is 24.3 Å². The molecule has 0 fully saturated rings. The first kappa shape index (κ1) is 34.0. The van der Waals surface area contributed by atoms with Crippen molar-refractivity contribution in [2.75, 3.05) is 40.9 Å². The van der Waals surface area contributed by atoms with Crippen LogP contribution in [0.1, 0.15) is 108 Å². The quantitative estimate of drug-likeness (QED) is 0.0533. The van der Waals surface area contributed by atoms with Gasteiger partial charge >= 0.3 is 7.82 Å². The fraction of sp³-hybridized carbons (Fsp3) is 0.793. The molecule has 5 nitrogen and oxygen atoms in total. The van der Waals surface area contributed by atoms with Crippen LogP contribution in [-0.4, -0.2) is 50.3 Å². The van der Waals surface area contributed by atoms with E-state index >= 15 is 0 Å². The maximum absolute atomic E-state index is 11.8. The number of aryl methyl sites for hydroxylation is 1. The highest BCUT2D eigenvalue weighted by Crippen LogP contribution is 2.43. The largest absolute Gasteiger partial charge is 0.472 e. The van der Waals surface area contributed by atoms with Crippen LogP contribution in [0.25, 0.3) is 0 Å². The van der Waals surface area contributed by atoms with Gasteiger partial charge in [-0.15, -0.1) is 0 Å². The number of phosphoric ester groups is 1. The number of benzene rings is 1. The molecule has 0 bridgehead atoms. The number of halogens is 1. The van der Waals surface area contributed by atoms with Gasteiger partial charge in [0.2, 0.25) is 0 Å². The van der Waals surface area contributed by atoms with Gasteiger partial charge in [0.15, 0.2) is 0 Å². The minimum Gasteiger partial charge on any atom is -0.329 e. The van der Waals surface area contributed by atoms with E-state index in [1.807, 2.05) is 21.1 Å². The van der Waals surface area contributed by atoms with Gasteiger partial charge in [0.05, 0.1) is 27.7 Å². The Morgan fingerprint density at radius 1 is 0.667 bits per heavy atom. The lowest BCUT2D eigenvalue weighted by Crippen LogP contribution is -2.37. The van der Waals surface area contributed by atoms with Crippen LogP contribution in [-0.2, 0) is 20.0 Å². The summed E-state index contributed by atoms with van der Waals surface area (Å²) in [6, 6.07) is 8.95. The molecule has 1 rings (SSSR count). The van der Waals surface area contributed by atoms with Crippen molar-refractivity contribution >= 4 is 30.4 Å². The van der Waals surface area contributed by atoms with Crippen LogP contribution >= 0.6 is 30.4 Å². The van der Waals surface area contributed by atoms with Crippen LogP contribution in [0.4, 0.5) is 0 Å². The van der Waals surface area contributed by atoms with Crippen molar-refractivity contribution in [3.8, 4) is 0 Å². The summed E-state index contributed by atoms with van der Waals surface area (Å²) in [6.07, 6.45) is 22.0. The Labute approximate surface area is 236 Å². The van der Waals surface area contributed by atoms with Crippen molar-refractivity contribution in [1.82, 2.24) is 0 Å². The van der Waals surface area contributed by atoms with Crippen LogP contribution in [0, 0.1) is 3.57 Å². The molecular formula is C29H54INO4P+. The highest BCUT2D eigenvalue weighted by Gasteiger charge is 2.21. The Balaban J connectivity index is 1.76. The number of hydrogen-bond acceptors (Lipinski definition) is 3. The maximum Gasteiger partial charge on any atom is 0.472 e. The summed E-state index contributed by atoms with van der Waals surface area (Å²) < 4.78 is 23.9. The molecular weight excluding hydrogens is 582 g/mol. The Hall–Kier alpha value is 0.0200. The molecule has 7 heteroatoms. The van der Waals surface area contributed by atoms with Crippen LogP contribution in [0.5, 0.6) is 0 Å². The summed E-state index contributed by atoms with van der Waals surface area (Å²) >= 11 is 2.37. The second-order valence-electron chi connectivity index (χ2n) is 11.2. The van der Waals surface area contributed by atoms with Gasteiger partial charge in [0.1, 0.15) is 13.2 Å². The number of phosphoric acid groups is 1. The second kappa shape index (κ2) is 20.9. The lowest BCUT2D eigenvalue weighted by molar-refractivity contribution is -0.870. The molecule has 0 aromatic heterocycles. The molecule has 0 saturated heterocycles. The Kier molecular flexibility index (Phi) is 19.8. The fourth-order valence-corrected chi connectivity index (χ4v) is 5.31. The Bertz CT molecular complexity index is 694. The van der Waals surface area contributed by atoms with Crippen molar-refractivity contribution < 1.29 is 23.0 Å². The molecule has 210 valence electrons. The SMILES string of the molecule is C[N+](C)(C)CCOP(=O)(O)OCCCCCCCCCCCCCCCCCCc1ccc([125I])cc1. The molecule has 1 atom stereocenters. The average Bonchev–Trinajstić information content (AvgIpc) is 2.80. The molecule has 1 aromatic rings. The van der Waals surface area contributed by atoms with Gasteiger partial charge in [-0.3, -0.25) is 9.05 Å². The third-order valence-electron chi connectivity index (χ3n) is 6.54. The number of hydrogen-bond donors (Lipinski definition) is 1. The molecule has 0 saturated carbocycles. The second-order valence-corrected chi connectivity index (χ2v) is 13.9. The van der Waals surface area contributed by atoms with Crippen molar-refractivity contribution in [2.24, 2.45) is 0 Å². The van der Waals surface area contributed by atoms with Crippen LogP contribution < -0.4 is 0 Å². The van der Waals surface area contributed by atoms with E-state index in [1.54, 1.807) is 0 Å². The molecule has 0 heterocycles. The summed E-state index contributed by atoms with van der Waals surface area (Å²) in [7, 11) is 2.16. The number of rotatable bonds is 24. The van der Waals surface area contributed by atoms with E-state index < -0.39 is 7.82 Å². The molecule has 0 aliphatic rings. The number of likely N-dealkylation sites (N-methyl/N-ethyl adjacent to an activating group) is 1. The summed E-state index contributed by atoms with van der Waals surface area (Å²) in [6.45, 7) is 1.20. The third-order valence-corrected chi connectivity index (χ3v) is 8.28. The topological polar surface area (TPSA) is 55.8 Å². The van der Waals surface area contributed by atoms with Gasteiger partial charge in [-0.25, -0.2) is 4.57 Å². The zero-order chi connectivity index (χ0) is 26.5. The van der Waals surface area contributed by atoms with Gasteiger partial charge in [-0.05, 0) is 59.5 Å². The predicted octanol–water partition coefficient (Wildman–Crippen LogP) is 8.92. The number of quaternary nitrogens is 1. The monoisotopic (exact) mass is 636 g/mol. The van der Waals surface area contributed by atoms with Gasteiger partial charge in [0.25, 0.3) is 0 Å². The molecule has 1 N–H and O–H groups in total. The molecule has 0 amide bonds. The highest BCUT2D eigenvalue weighted by molar-refractivity contribution is 14.1. The van der Waals surface area contributed by atoms with Crippen LogP contribution in [0.2, 0.25) is 0 Å². The third kappa shape index (κ3) is 22.0. The molecule has 0 radical (unpaired) electrons. The van der Waals surface area contributed by atoms with Crippen molar-refractivity contribution in [2.45, 2.75) is 109 Å². The minimum atomic E-state index is -3.89. The summed E-state index contributed by atoms with van der Waals surface area (Å²) in [5, 5.41) is 0. The lowest BCUT2D eigenvalue weighted by Gasteiger charge is -2.24. The van der Waals surface area contributed by atoms with E-state index in [2.05, 4.69) is 46.9 Å². The van der Waals surface area contributed by atoms with Gasteiger partial charge < -0.3 is 9.38 Å². The van der Waals surface area contributed by atoms with Crippen molar-refractivity contribution in [3.05, 3.63) is 33.4 Å². The predicted molar refractivity (Wildman–Crippen MR) is 161 cm³/mol. The summed E-state index contributed by atoms with van der Waals surface area (Å²) in [5.74, 6) is 0. The Morgan fingerprint density at radius 2 is 1.06 bits per heavy atom. The fourth-order valence-electron chi connectivity index (χ4n) is 4.20. The van der Waals surface area contributed by atoms with Gasteiger partial charge in [-0.2, -0.15) is 0 Å². The van der Waals surface area contributed by atoms with Gasteiger partial charge in [0, 0.05) is 3.57 Å². The number of nitrogens with zero attached hydrogens (tertiary/aromatic N) is 1. The first-order valence-electron chi connectivity index (χ1n) is 14.3. The molecule has 0 aliphatic carbocycles. The van der Waals surface area contributed by atoms with Crippen molar-refractivity contribution in [1.29, 1.82) is 0 Å². The van der Waals surface area contributed by atoms with E-state index in [0.717, 1.165) is 12.8 Å². The minimum absolute atomic E-state index is 0.229.